The van der Waals surface area contributed by atoms with Crippen molar-refractivity contribution in [1.82, 2.24) is 20.0 Å². The number of thioether (sulfide) groups is 1. The molecule has 0 bridgehead atoms. The van der Waals surface area contributed by atoms with Crippen molar-refractivity contribution >= 4 is 17.8 Å². The standard InChI is InChI=1S/C17H24N4O2S/c1-20(11-13-5-6-16(24-4)15(9-13)23-3)17(22)18-8-7-14-10-19-21(2)12-14/h5-6,9-10,12H,7-8,11H2,1-4H3,(H,18,22). The quantitative estimate of drug-likeness (QED) is 0.781. The minimum absolute atomic E-state index is 0.0909. The predicted octanol–water partition coefficient (Wildman–Crippen LogP) is 2.53. The lowest BCUT2D eigenvalue weighted by Gasteiger charge is -2.19. The molecule has 2 rings (SSSR count). The molecule has 0 saturated carbocycles. The van der Waals surface area contributed by atoms with Crippen molar-refractivity contribution in [3.8, 4) is 5.75 Å². The van der Waals surface area contributed by atoms with Gasteiger partial charge in [0, 0.05) is 38.3 Å². The van der Waals surface area contributed by atoms with E-state index in [4.69, 9.17) is 4.74 Å². The van der Waals surface area contributed by atoms with E-state index < -0.39 is 0 Å². The fraction of sp³-hybridized carbons (Fsp3) is 0.412. The van der Waals surface area contributed by atoms with E-state index in [1.165, 1.54) is 0 Å². The topological polar surface area (TPSA) is 59.4 Å². The molecule has 1 heterocycles. The molecule has 1 N–H and O–H groups in total. The van der Waals surface area contributed by atoms with Gasteiger partial charge in [0.2, 0.25) is 0 Å². The van der Waals surface area contributed by atoms with Gasteiger partial charge in [-0.1, -0.05) is 6.07 Å². The number of carbonyl (C=O) groups excluding carboxylic acids is 1. The monoisotopic (exact) mass is 348 g/mol. The molecule has 0 fully saturated rings. The summed E-state index contributed by atoms with van der Waals surface area (Å²) in [5.74, 6) is 0.838. The highest BCUT2D eigenvalue weighted by atomic mass is 32.2. The molecule has 0 saturated heterocycles. The Balaban J connectivity index is 1.84. The normalized spacial score (nSPS) is 10.5. The number of carbonyl (C=O) groups is 1. The number of nitrogens with one attached hydrogen (secondary N) is 1. The SMILES string of the molecule is COc1cc(CN(C)C(=O)NCCc2cnn(C)c2)ccc1SC. The highest BCUT2D eigenvalue weighted by molar-refractivity contribution is 7.98. The molecule has 2 amide bonds. The molecule has 130 valence electrons. The van der Waals surface area contributed by atoms with Crippen LogP contribution in [-0.2, 0) is 20.0 Å². The van der Waals surface area contributed by atoms with E-state index in [0.29, 0.717) is 13.1 Å². The minimum atomic E-state index is -0.0909. The smallest absolute Gasteiger partial charge is 0.317 e. The maximum Gasteiger partial charge on any atom is 0.317 e. The van der Waals surface area contributed by atoms with E-state index in [0.717, 1.165) is 28.2 Å². The first-order valence-electron chi connectivity index (χ1n) is 7.71. The summed E-state index contributed by atoms with van der Waals surface area (Å²) in [4.78, 5) is 14.9. The molecular formula is C17H24N4O2S. The molecule has 0 spiro atoms. The van der Waals surface area contributed by atoms with E-state index in [-0.39, 0.29) is 6.03 Å². The zero-order valence-corrected chi connectivity index (χ0v) is 15.4. The van der Waals surface area contributed by atoms with Crippen LogP contribution in [0.5, 0.6) is 5.75 Å². The van der Waals surface area contributed by atoms with Crippen LogP contribution < -0.4 is 10.1 Å². The van der Waals surface area contributed by atoms with Gasteiger partial charge in [-0.3, -0.25) is 4.68 Å². The molecule has 0 atom stereocenters. The number of aromatic nitrogens is 2. The Hall–Kier alpha value is -2.15. The molecule has 0 aliphatic rings. The Morgan fingerprint density at radius 3 is 2.83 bits per heavy atom. The molecule has 7 heteroatoms. The van der Waals surface area contributed by atoms with Crippen LogP contribution in [0.4, 0.5) is 4.79 Å². The largest absolute Gasteiger partial charge is 0.496 e. The van der Waals surface area contributed by atoms with Gasteiger partial charge in [0.25, 0.3) is 0 Å². The van der Waals surface area contributed by atoms with Crippen LogP contribution in [0.3, 0.4) is 0 Å². The van der Waals surface area contributed by atoms with Crippen LogP contribution in [0, 0.1) is 0 Å². The fourth-order valence-corrected chi connectivity index (χ4v) is 2.92. The highest BCUT2D eigenvalue weighted by Crippen LogP contribution is 2.28. The van der Waals surface area contributed by atoms with Crippen molar-refractivity contribution in [3.63, 3.8) is 0 Å². The van der Waals surface area contributed by atoms with Crippen LogP contribution in [0.25, 0.3) is 0 Å². The van der Waals surface area contributed by atoms with E-state index in [1.54, 1.807) is 35.5 Å². The average molecular weight is 348 g/mol. The number of ether oxygens (including phenoxy) is 1. The second-order valence-corrected chi connectivity index (χ2v) is 6.40. The molecule has 0 unspecified atom stereocenters. The lowest BCUT2D eigenvalue weighted by Crippen LogP contribution is -2.37. The number of hydrogen-bond acceptors (Lipinski definition) is 4. The zero-order chi connectivity index (χ0) is 17.5. The summed E-state index contributed by atoms with van der Waals surface area (Å²) < 4.78 is 7.15. The molecule has 1 aromatic carbocycles. The summed E-state index contributed by atoms with van der Waals surface area (Å²) in [6, 6.07) is 5.93. The Labute approximate surface area is 147 Å². The number of urea groups is 1. The predicted molar refractivity (Wildman–Crippen MR) is 96.6 cm³/mol. The van der Waals surface area contributed by atoms with Crippen LogP contribution in [0.1, 0.15) is 11.1 Å². The van der Waals surface area contributed by atoms with Crippen molar-refractivity contribution in [2.45, 2.75) is 17.9 Å². The summed E-state index contributed by atoms with van der Waals surface area (Å²) >= 11 is 1.64. The van der Waals surface area contributed by atoms with Gasteiger partial charge in [0.15, 0.2) is 0 Å². The first kappa shape index (κ1) is 18.2. The number of benzene rings is 1. The molecule has 6 nitrogen and oxygen atoms in total. The van der Waals surface area contributed by atoms with Gasteiger partial charge in [-0.2, -0.15) is 5.10 Å². The Morgan fingerprint density at radius 1 is 1.42 bits per heavy atom. The van der Waals surface area contributed by atoms with Crippen molar-refractivity contribution in [3.05, 3.63) is 41.7 Å². The Morgan fingerprint density at radius 2 is 2.21 bits per heavy atom. The van der Waals surface area contributed by atoms with E-state index >= 15 is 0 Å². The molecule has 0 aliphatic heterocycles. The zero-order valence-electron chi connectivity index (χ0n) is 14.6. The lowest BCUT2D eigenvalue weighted by atomic mass is 10.2. The summed E-state index contributed by atoms with van der Waals surface area (Å²) in [7, 11) is 5.33. The number of rotatable bonds is 7. The van der Waals surface area contributed by atoms with Gasteiger partial charge in [0.05, 0.1) is 13.3 Å². The first-order valence-corrected chi connectivity index (χ1v) is 8.93. The molecule has 2 aromatic rings. The summed E-state index contributed by atoms with van der Waals surface area (Å²) in [5.41, 5.74) is 2.15. The highest BCUT2D eigenvalue weighted by Gasteiger charge is 2.10. The fourth-order valence-electron chi connectivity index (χ4n) is 2.37. The third-order valence-corrected chi connectivity index (χ3v) is 4.44. The van der Waals surface area contributed by atoms with E-state index in [2.05, 4.69) is 10.4 Å². The average Bonchev–Trinajstić information content (AvgIpc) is 2.99. The number of amides is 2. The minimum Gasteiger partial charge on any atom is -0.496 e. The molecule has 0 radical (unpaired) electrons. The van der Waals surface area contributed by atoms with Crippen molar-refractivity contribution in [1.29, 1.82) is 0 Å². The molecular weight excluding hydrogens is 324 g/mol. The summed E-state index contributed by atoms with van der Waals surface area (Å²) in [5, 5.41) is 7.04. The second-order valence-electron chi connectivity index (χ2n) is 5.55. The number of aryl methyl sites for hydroxylation is 1. The van der Waals surface area contributed by atoms with E-state index in [1.807, 2.05) is 43.9 Å². The molecule has 24 heavy (non-hydrogen) atoms. The van der Waals surface area contributed by atoms with Crippen LogP contribution in [0.15, 0.2) is 35.5 Å². The third kappa shape index (κ3) is 4.92. The van der Waals surface area contributed by atoms with Crippen molar-refractivity contribution in [2.75, 3.05) is 27.0 Å². The first-order chi connectivity index (χ1) is 11.5. The number of nitrogens with zero attached hydrogens (tertiary/aromatic N) is 3. The maximum atomic E-state index is 12.2. The van der Waals surface area contributed by atoms with Crippen LogP contribution in [-0.4, -0.2) is 47.7 Å². The van der Waals surface area contributed by atoms with Crippen LogP contribution >= 0.6 is 11.8 Å². The molecule has 1 aromatic heterocycles. The van der Waals surface area contributed by atoms with Crippen molar-refractivity contribution in [2.24, 2.45) is 7.05 Å². The van der Waals surface area contributed by atoms with Gasteiger partial charge in [0.1, 0.15) is 5.75 Å². The van der Waals surface area contributed by atoms with Gasteiger partial charge in [-0.05, 0) is 35.9 Å². The number of methoxy groups -OCH3 is 1. The van der Waals surface area contributed by atoms with Gasteiger partial charge < -0.3 is 15.0 Å². The second kappa shape index (κ2) is 8.63. The number of hydrogen-bond donors (Lipinski definition) is 1. The molecule has 0 aliphatic carbocycles. The van der Waals surface area contributed by atoms with Gasteiger partial charge in [-0.15, -0.1) is 11.8 Å². The third-order valence-electron chi connectivity index (χ3n) is 3.66. The lowest BCUT2D eigenvalue weighted by molar-refractivity contribution is 0.207. The van der Waals surface area contributed by atoms with Gasteiger partial charge >= 0.3 is 6.03 Å². The Bertz CT molecular complexity index is 687. The summed E-state index contributed by atoms with van der Waals surface area (Å²) in [6.45, 7) is 1.12. The van der Waals surface area contributed by atoms with Crippen molar-refractivity contribution < 1.29 is 9.53 Å². The Kier molecular flexibility index (Phi) is 6.54. The van der Waals surface area contributed by atoms with Gasteiger partial charge in [-0.25, -0.2) is 4.79 Å². The van der Waals surface area contributed by atoms with E-state index in [9.17, 15) is 4.79 Å². The maximum absolute atomic E-state index is 12.2. The van der Waals surface area contributed by atoms with Crippen LogP contribution in [0.2, 0.25) is 0 Å². The summed E-state index contributed by atoms with van der Waals surface area (Å²) in [6.07, 6.45) is 6.55.